The quantitative estimate of drug-likeness (QED) is 0.919. The molecule has 0 saturated heterocycles. The van der Waals surface area contributed by atoms with Gasteiger partial charge < -0.3 is 5.11 Å². The van der Waals surface area contributed by atoms with Gasteiger partial charge in [0.05, 0.1) is 12.4 Å². The Kier molecular flexibility index (Phi) is 2.71. The lowest BCUT2D eigenvalue weighted by Gasteiger charge is -1.92. The van der Waals surface area contributed by atoms with E-state index in [1.807, 2.05) is 23.0 Å². The SMILES string of the molecule is O=C(O)c1cnc(/C=C/c2cnn3c2CCC3)s1. The van der Waals surface area contributed by atoms with Crippen LogP contribution in [0.15, 0.2) is 12.4 Å². The Morgan fingerprint density at radius 2 is 2.33 bits per heavy atom. The first kappa shape index (κ1) is 11.2. The molecule has 5 nitrogen and oxygen atoms in total. The Morgan fingerprint density at radius 1 is 1.44 bits per heavy atom. The number of carboxylic acids is 1. The molecule has 0 aromatic carbocycles. The van der Waals surface area contributed by atoms with E-state index in [0.29, 0.717) is 5.01 Å². The van der Waals surface area contributed by atoms with Crippen LogP contribution in [0.1, 0.15) is 32.4 Å². The second-order valence-corrected chi connectivity index (χ2v) is 5.14. The molecular weight excluding hydrogens is 250 g/mol. The summed E-state index contributed by atoms with van der Waals surface area (Å²) < 4.78 is 2.02. The molecule has 2 aromatic heterocycles. The summed E-state index contributed by atoms with van der Waals surface area (Å²) in [6, 6.07) is 0. The van der Waals surface area contributed by atoms with Crippen LogP contribution in [0, 0.1) is 0 Å². The third-order valence-corrected chi connectivity index (χ3v) is 3.85. The molecule has 18 heavy (non-hydrogen) atoms. The smallest absolute Gasteiger partial charge is 0.347 e. The van der Waals surface area contributed by atoms with E-state index in [-0.39, 0.29) is 4.88 Å². The minimum absolute atomic E-state index is 0.259. The Morgan fingerprint density at radius 3 is 3.11 bits per heavy atom. The Labute approximate surface area is 107 Å². The topological polar surface area (TPSA) is 68.0 Å². The van der Waals surface area contributed by atoms with E-state index in [2.05, 4.69) is 10.1 Å². The van der Waals surface area contributed by atoms with Gasteiger partial charge in [0.25, 0.3) is 0 Å². The predicted octanol–water partition coefficient (Wildman–Crippen LogP) is 2.15. The lowest BCUT2D eigenvalue weighted by molar-refractivity contribution is 0.0702. The zero-order valence-corrected chi connectivity index (χ0v) is 10.4. The van der Waals surface area contributed by atoms with Crippen molar-refractivity contribution in [2.45, 2.75) is 19.4 Å². The summed E-state index contributed by atoms with van der Waals surface area (Å²) in [6.45, 7) is 0.990. The minimum atomic E-state index is -0.932. The normalized spacial score (nSPS) is 14.2. The fourth-order valence-corrected chi connectivity index (χ4v) is 2.71. The Bertz CT molecular complexity index is 627. The molecule has 3 rings (SSSR count). The average Bonchev–Trinajstić information content (AvgIpc) is 3.03. The van der Waals surface area contributed by atoms with Crippen LogP contribution in [-0.2, 0) is 13.0 Å². The molecule has 6 heteroatoms. The van der Waals surface area contributed by atoms with Crippen LogP contribution < -0.4 is 0 Å². The Hall–Kier alpha value is -1.95. The third-order valence-electron chi connectivity index (χ3n) is 2.90. The molecule has 0 amide bonds. The fourth-order valence-electron chi connectivity index (χ4n) is 2.05. The Balaban J connectivity index is 1.82. The molecule has 1 aliphatic heterocycles. The maximum Gasteiger partial charge on any atom is 0.347 e. The number of carboxylic acid groups (broad SMARTS) is 1. The highest BCUT2D eigenvalue weighted by atomic mass is 32.1. The second-order valence-electron chi connectivity index (χ2n) is 4.07. The van der Waals surface area contributed by atoms with Crippen molar-refractivity contribution in [3.63, 3.8) is 0 Å². The van der Waals surface area contributed by atoms with Gasteiger partial charge in [-0.05, 0) is 25.0 Å². The van der Waals surface area contributed by atoms with E-state index >= 15 is 0 Å². The summed E-state index contributed by atoms with van der Waals surface area (Å²) >= 11 is 1.17. The molecule has 0 atom stereocenters. The molecule has 0 bridgehead atoms. The lowest BCUT2D eigenvalue weighted by Crippen LogP contribution is -1.92. The molecule has 0 spiro atoms. The van der Waals surface area contributed by atoms with Gasteiger partial charge in [0.15, 0.2) is 0 Å². The van der Waals surface area contributed by atoms with Crippen LogP contribution in [0.2, 0.25) is 0 Å². The van der Waals surface area contributed by atoms with Gasteiger partial charge in [0.2, 0.25) is 0 Å². The number of hydrogen-bond donors (Lipinski definition) is 1. The molecule has 0 unspecified atom stereocenters. The van der Waals surface area contributed by atoms with Crippen molar-refractivity contribution in [3.05, 3.63) is 33.5 Å². The number of aromatic nitrogens is 3. The first-order valence-electron chi connectivity index (χ1n) is 5.66. The number of nitrogens with zero attached hydrogens (tertiary/aromatic N) is 3. The van der Waals surface area contributed by atoms with Crippen LogP contribution in [-0.4, -0.2) is 25.8 Å². The van der Waals surface area contributed by atoms with Crippen molar-refractivity contribution in [2.75, 3.05) is 0 Å². The third kappa shape index (κ3) is 1.95. The highest BCUT2D eigenvalue weighted by Crippen LogP contribution is 2.21. The predicted molar refractivity (Wildman–Crippen MR) is 68.5 cm³/mol. The van der Waals surface area contributed by atoms with Crippen molar-refractivity contribution in [1.82, 2.24) is 14.8 Å². The molecule has 1 N–H and O–H groups in total. The number of thiazole rings is 1. The molecule has 0 fully saturated rings. The van der Waals surface area contributed by atoms with Crippen molar-refractivity contribution in [2.24, 2.45) is 0 Å². The number of aryl methyl sites for hydroxylation is 1. The van der Waals surface area contributed by atoms with Crippen molar-refractivity contribution in [3.8, 4) is 0 Å². The summed E-state index contributed by atoms with van der Waals surface area (Å²) in [6.07, 6.45) is 9.22. The van der Waals surface area contributed by atoms with Gasteiger partial charge >= 0.3 is 5.97 Å². The zero-order valence-electron chi connectivity index (χ0n) is 9.54. The van der Waals surface area contributed by atoms with Crippen molar-refractivity contribution >= 4 is 29.5 Å². The van der Waals surface area contributed by atoms with Crippen molar-refractivity contribution in [1.29, 1.82) is 0 Å². The van der Waals surface area contributed by atoms with Crippen LogP contribution in [0.25, 0.3) is 12.2 Å². The minimum Gasteiger partial charge on any atom is -0.477 e. The number of aromatic carboxylic acids is 1. The number of fused-ring (bicyclic) bond motifs is 1. The summed E-state index contributed by atoms with van der Waals surface area (Å²) in [7, 11) is 0. The molecule has 0 aliphatic carbocycles. The molecular formula is C12H11N3O2S. The molecule has 3 heterocycles. The van der Waals surface area contributed by atoms with E-state index in [9.17, 15) is 4.79 Å². The first-order chi connectivity index (χ1) is 8.74. The zero-order chi connectivity index (χ0) is 12.5. The van der Waals surface area contributed by atoms with Gasteiger partial charge in [0.1, 0.15) is 9.88 Å². The van der Waals surface area contributed by atoms with Gasteiger partial charge in [-0.2, -0.15) is 5.10 Å². The fraction of sp³-hybridized carbons (Fsp3) is 0.250. The number of hydrogen-bond acceptors (Lipinski definition) is 4. The van der Waals surface area contributed by atoms with Gasteiger partial charge in [0, 0.05) is 17.8 Å². The van der Waals surface area contributed by atoms with Gasteiger partial charge in [-0.1, -0.05) is 0 Å². The van der Waals surface area contributed by atoms with Gasteiger partial charge in [-0.25, -0.2) is 9.78 Å². The maximum absolute atomic E-state index is 10.7. The van der Waals surface area contributed by atoms with E-state index in [0.717, 1.165) is 24.9 Å². The van der Waals surface area contributed by atoms with E-state index < -0.39 is 5.97 Å². The van der Waals surface area contributed by atoms with Gasteiger partial charge in [-0.3, -0.25) is 4.68 Å². The van der Waals surface area contributed by atoms with Crippen LogP contribution in [0.5, 0.6) is 0 Å². The first-order valence-corrected chi connectivity index (χ1v) is 6.47. The van der Waals surface area contributed by atoms with Crippen LogP contribution in [0.4, 0.5) is 0 Å². The van der Waals surface area contributed by atoms with E-state index in [4.69, 9.17) is 5.11 Å². The van der Waals surface area contributed by atoms with Gasteiger partial charge in [-0.15, -0.1) is 11.3 Å². The summed E-state index contributed by atoms with van der Waals surface area (Å²) in [5.74, 6) is -0.932. The molecule has 0 radical (unpaired) electrons. The molecule has 92 valence electrons. The second kappa shape index (κ2) is 4.38. The lowest BCUT2D eigenvalue weighted by atomic mass is 10.2. The maximum atomic E-state index is 10.7. The highest BCUT2D eigenvalue weighted by Gasteiger charge is 2.14. The largest absolute Gasteiger partial charge is 0.477 e. The monoisotopic (exact) mass is 261 g/mol. The standard InChI is InChI=1S/C12H11N3O2S/c16-12(17)10-7-13-11(18-10)4-3-8-6-14-15-5-1-2-9(8)15/h3-4,6-7H,1-2,5H2,(H,16,17)/b4-3+. The average molecular weight is 261 g/mol. The highest BCUT2D eigenvalue weighted by molar-refractivity contribution is 7.14. The van der Waals surface area contributed by atoms with E-state index in [1.165, 1.54) is 23.2 Å². The van der Waals surface area contributed by atoms with E-state index in [1.54, 1.807) is 0 Å². The summed E-state index contributed by atoms with van der Waals surface area (Å²) in [5.41, 5.74) is 2.35. The van der Waals surface area contributed by atoms with Crippen LogP contribution in [0.3, 0.4) is 0 Å². The molecule has 1 aliphatic rings. The number of carbonyl (C=O) groups is 1. The number of rotatable bonds is 3. The van der Waals surface area contributed by atoms with Crippen LogP contribution >= 0.6 is 11.3 Å². The summed E-state index contributed by atoms with van der Waals surface area (Å²) in [4.78, 5) is 15.0. The molecule has 2 aromatic rings. The molecule has 0 saturated carbocycles. The summed E-state index contributed by atoms with van der Waals surface area (Å²) in [5, 5.41) is 13.8. The van der Waals surface area contributed by atoms with Crippen molar-refractivity contribution < 1.29 is 9.90 Å².